The number of hydrogen-bond donors (Lipinski definition) is 1. The first-order valence-electron chi connectivity index (χ1n) is 11.9. The molecule has 3 aromatic carbocycles. The number of amides is 1. The number of ketones is 1. The monoisotopic (exact) mass is 532 g/mol. The van der Waals surface area contributed by atoms with Gasteiger partial charge in [-0.2, -0.15) is 0 Å². The molecule has 0 radical (unpaired) electrons. The third-order valence-corrected chi connectivity index (χ3v) is 6.53. The van der Waals surface area contributed by atoms with Gasteiger partial charge in [-0.3, -0.25) is 19.0 Å². The topological polar surface area (TPSA) is 77.4 Å². The highest BCUT2D eigenvalue weighted by atomic mass is 35.5. The van der Waals surface area contributed by atoms with Crippen molar-refractivity contribution < 1.29 is 18.7 Å². The lowest BCUT2D eigenvalue weighted by Crippen LogP contribution is -2.34. The van der Waals surface area contributed by atoms with Crippen LogP contribution in [0.4, 0.5) is 10.1 Å². The van der Waals surface area contributed by atoms with Gasteiger partial charge in [0.05, 0.1) is 18.3 Å². The summed E-state index contributed by atoms with van der Waals surface area (Å²) in [4.78, 5) is 39.3. The molecule has 0 bridgehead atoms. The number of Topliss-reactive ketones (excluding diaryl/α,β-unsaturated/α-hetero) is 1. The number of aryl methyl sites for hydroxylation is 1. The molecule has 6 nitrogen and oxygen atoms in total. The van der Waals surface area contributed by atoms with Crippen LogP contribution in [0.2, 0.25) is 5.02 Å². The lowest BCUT2D eigenvalue weighted by Gasteiger charge is -2.22. The summed E-state index contributed by atoms with van der Waals surface area (Å²) < 4.78 is 22.0. The summed E-state index contributed by atoms with van der Waals surface area (Å²) in [7, 11) is 1.36. The van der Waals surface area contributed by atoms with Crippen molar-refractivity contribution in [1.29, 1.82) is 0 Å². The number of ether oxygens (including phenoxy) is 1. The number of halogens is 2. The molecular formula is C30H26ClFN2O4. The quantitative estimate of drug-likeness (QED) is 0.272. The lowest BCUT2D eigenvalue weighted by molar-refractivity contribution is -0.119. The van der Waals surface area contributed by atoms with E-state index < -0.39 is 29.1 Å². The normalized spacial score (nSPS) is 11.6. The van der Waals surface area contributed by atoms with Crippen molar-refractivity contribution in [3.8, 4) is 16.9 Å². The minimum atomic E-state index is -0.953. The van der Waals surface area contributed by atoms with Crippen LogP contribution in [-0.4, -0.2) is 23.4 Å². The largest absolute Gasteiger partial charge is 0.495 e. The smallest absolute Gasteiger partial charge is 0.252 e. The van der Waals surface area contributed by atoms with Crippen molar-refractivity contribution in [3.05, 3.63) is 117 Å². The highest BCUT2D eigenvalue weighted by molar-refractivity contribution is 6.31. The molecule has 1 heterocycles. The number of anilines is 1. The number of hydrogen-bond acceptors (Lipinski definition) is 4. The van der Waals surface area contributed by atoms with E-state index in [1.54, 1.807) is 12.1 Å². The van der Waals surface area contributed by atoms with E-state index in [0.29, 0.717) is 5.69 Å². The Morgan fingerprint density at radius 3 is 2.37 bits per heavy atom. The van der Waals surface area contributed by atoms with Crippen LogP contribution < -0.4 is 15.6 Å². The van der Waals surface area contributed by atoms with Crippen LogP contribution in [-0.2, 0) is 11.2 Å². The average Bonchev–Trinajstić information content (AvgIpc) is 2.90. The van der Waals surface area contributed by atoms with Gasteiger partial charge < -0.3 is 10.1 Å². The first-order valence-corrected chi connectivity index (χ1v) is 12.3. The van der Waals surface area contributed by atoms with Crippen LogP contribution in [0.25, 0.3) is 11.1 Å². The molecule has 0 fully saturated rings. The third-order valence-electron chi connectivity index (χ3n) is 6.24. The minimum Gasteiger partial charge on any atom is -0.495 e. The second-order valence-electron chi connectivity index (χ2n) is 8.90. The van der Waals surface area contributed by atoms with E-state index in [1.165, 1.54) is 36.9 Å². The number of benzene rings is 3. The maximum absolute atomic E-state index is 15.2. The van der Waals surface area contributed by atoms with Crippen molar-refractivity contribution in [1.82, 2.24) is 4.57 Å². The summed E-state index contributed by atoms with van der Waals surface area (Å²) >= 11 is 6.01. The first kappa shape index (κ1) is 26.8. The van der Waals surface area contributed by atoms with Gasteiger partial charge in [0.2, 0.25) is 5.91 Å². The summed E-state index contributed by atoms with van der Waals surface area (Å²) in [6.07, 6.45) is 1.58. The fourth-order valence-corrected chi connectivity index (χ4v) is 4.41. The highest BCUT2D eigenvalue weighted by Gasteiger charge is 2.26. The number of nitrogens with one attached hydrogen (secondary N) is 1. The Balaban J connectivity index is 1.84. The molecule has 8 heteroatoms. The number of nitrogens with zero attached hydrogens (tertiary/aromatic N) is 1. The zero-order valence-corrected chi connectivity index (χ0v) is 21.9. The molecule has 1 N–H and O–H groups in total. The molecule has 4 aromatic rings. The van der Waals surface area contributed by atoms with E-state index in [9.17, 15) is 14.4 Å². The van der Waals surface area contributed by atoms with Gasteiger partial charge in [-0.05, 0) is 43.7 Å². The SMILES string of the molecule is COc1cn(C(Cc2ccccc2)C(=O)Nc2ccc(C)cc2)c(=O)cc1-c1c(C(C)=O)ccc(Cl)c1F. The summed E-state index contributed by atoms with van der Waals surface area (Å²) in [5, 5.41) is 2.68. The van der Waals surface area contributed by atoms with Crippen molar-refractivity contribution in [2.24, 2.45) is 0 Å². The van der Waals surface area contributed by atoms with Gasteiger partial charge >= 0.3 is 0 Å². The van der Waals surface area contributed by atoms with Crippen molar-refractivity contribution >= 4 is 29.0 Å². The molecule has 0 spiro atoms. The molecule has 38 heavy (non-hydrogen) atoms. The van der Waals surface area contributed by atoms with Crippen molar-refractivity contribution in [2.75, 3.05) is 12.4 Å². The van der Waals surface area contributed by atoms with Crippen molar-refractivity contribution in [3.63, 3.8) is 0 Å². The van der Waals surface area contributed by atoms with Crippen LogP contribution in [0.15, 0.2) is 83.8 Å². The van der Waals surface area contributed by atoms with Gasteiger partial charge in [-0.25, -0.2) is 4.39 Å². The fourth-order valence-electron chi connectivity index (χ4n) is 4.25. The number of pyridine rings is 1. The molecule has 1 unspecified atom stereocenters. The molecule has 0 saturated carbocycles. The first-order chi connectivity index (χ1) is 18.2. The maximum atomic E-state index is 15.2. The number of carbonyl (C=O) groups excluding carboxylic acids is 2. The molecular weight excluding hydrogens is 507 g/mol. The van der Waals surface area contributed by atoms with Gasteiger partial charge in [0.15, 0.2) is 5.78 Å². The van der Waals surface area contributed by atoms with Gasteiger partial charge in [-0.15, -0.1) is 0 Å². The second kappa shape index (κ2) is 11.4. The van der Waals surface area contributed by atoms with Crippen LogP contribution >= 0.6 is 11.6 Å². The molecule has 0 aliphatic carbocycles. The molecule has 1 atom stereocenters. The summed E-state index contributed by atoms with van der Waals surface area (Å²) in [5.41, 5.74) is 1.88. The molecule has 4 rings (SSSR count). The van der Waals surface area contributed by atoms with E-state index in [0.717, 1.165) is 17.2 Å². The molecule has 1 amide bonds. The summed E-state index contributed by atoms with van der Waals surface area (Å²) in [6.45, 7) is 3.24. The lowest BCUT2D eigenvalue weighted by atomic mass is 9.96. The fraction of sp³-hybridized carbons (Fsp3) is 0.167. The van der Waals surface area contributed by atoms with Crippen LogP contribution in [0.5, 0.6) is 5.75 Å². The highest BCUT2D eigenvalue weighted by Crippen LogP contribution is 2.37. The molecule has 194 valence electrons. The Bertz CT molecular complexity index is 1550. The zero-order valence-electron chi connectivity index (χ0n) is 21.1. The third kappa shape index (κ3) is 5.68. The van der Waals surface area contributed by atoms with E-state index in [1.807, 2.05) is 49.4 Å². The van der Waals surface area contributed by atoms with E-state index in [-0.39, 0.29) is 33.9 Å². The maximum Gasteiger partial charge on any atom is 0.252 e. The van der Waals surface area contributed by atoms with E-state index in [4.69, 9.17) is 16.3 Å². The Morgan fingerprint density at radius 1 is 1.05 bits per heavy atom. The van der Waals surface area contributed by atoms with Gasteiger partial charge in [0.1, 0.15) is 17.6 Å². The number of methoxy groups -OCH3 is 1. The Hall–Kier alpha value is -4.23. The molecule has 1 aromatic heterocycles. The van der Waals surface area contributed by atoms with Crippen LogP contribution in [0.1, 0.15) is 34.5 Å². The molecule has 0 saturated heterocycles. The van der Waals surface area contributed by atoms with Crippen LogP contribution in [0, 0.1) is 12.7 Å². The minimum absolute atomic E-state index is 0.0558. The Morgan fingerprint density at radius 2 is 1.74 bits per heavy atom. The predicted octanol–water partition coefficient (Wildman–Crippen LogP) is 6.25. The van der Waals surface area contributed by atoms with E-state index >= 15 is 4.39 Å². The molecule has 0 aliphatic rings. The standard InChI is InChI=1S/C30H26ClFN2O4/c1-18-9-11-21(12-10-18)33-30(37)25(15-20-7-5-4-6-8-20)34-17-26(38-3)23(16-27(34)36)28-22(19(2)35)13-14-24(31)29(28)32/h4-14,16-17,25H,15H2,1-3H3,(H,33,37). The second-order valence-corrected chi connectivity index (χ2v) is 9.31. The van der Waals surface area contributed by atoms with E-state index in [2.05, 4.69) is 5.32 Å². The van der Waals surface area contributed by atoms with Gasteiger partial charge in [0.25, 0.3) is 5.56 Å². The number of carbonyl (C=O) groups is 2. The zero-order chi connectivity index (χ0) is 27.4. The average molecular weight is 533 g/mol. The summed E-state index contributed by atoms with van der Waals surface area (Å²) in [5.74, 6) is -1.54. The number of rotatable bonds is 8. The van der Waals surface area contributed by atoms with Crippen molar-refractivity contribution in [2.45, 2.75) is 26.3 Å². The number of aromatic nitrogens is 1. The summed E-state index contributed by atoms with van der Waals surface area (Å²) in [6, 6.07) is 19.5. The predicted molar refractivity (Wildman–Crippen MR) is 147 cm³/mol. The molecule has 0 aliphatic heterocycles. The van der Waals surface area contributed by atoms with Crippen LogP contribution in [0.3, 0.4) is 0 Å². The van der Waals surface area contributed by atoms with Gasteiger partial charge in [-0.1, -0.05) is 59.6 Å². The van der Waals surface area contributed by atoms with Gasteiger partial charge in [0, 0.05) is 34.9 Å². The Labute approximate surface area is 224 Å². The Kier molecular flexibility index (Phi) is 8.08.